The third-order valence-corrected chi connectivity index (χ3v) is 3.15. The Morgan fingerprint density at radius 3 is 2.29 bits per heavy atom. The van der Waals surface area contributed by atoms with Crippen LogP contribution >= 0.6 is 0 Å². The number of hydrogen-bond donors (Lipinski definition) is 0. The summed E-state index contributed by atoms with van der Waals surface area (Å²) in [6, 6.07) is 4.16. The number of likely N-dealkylation sites (tertiary alicyclic amines) is 1. The zero-order chi connectivity index (χ0) is 12.4. The zero-order valence-electron chi connectivity index (χ0n) is 10.7. The lowest BCUT2D eigenvalue weighted by atomic mass is 10.1. The van der Waals surface area contributed by atoms with Crippen LogP contribution < -0.4 is 4.74 Å². The lowest BCUT2D eigenvalue weighted by Crippen LogP contribution is -2.44. The molecule has 1 amide bonds. The SMILES string of the molecule is Cc1cc(C)c(OCC(=O)N2CCC2)c(C)c1. The molecule has 0 atom stereocenters. The summed E-state index contributed by atoms with van der Waals surface area (Å²) >= 11 is 0. The molecule has 1 aromatic rings. The first-order valence-corrected chi connectivity index (χ1v) is 6.06. The summed E-state index contributed by atoms with van der Waals surface area (Å²) in [5.74, 6) is 0.945. The largest absolute Gasteiger partial charge is 0.483 e. The molecule has 1 aromatic carbocycles. The molecule has 1 heterocycles. The maximum absolute atomic E-state index is 11.7. The molecule has 0 N–H and O–H groups in total. The molecular formula is C14H19NO2. The van der Waals surface area contributed by atoms with Gasteiger partial charge in [0.05, 0.1) is 0 Å². The van der Waals surface area contributed by atoms with Gasteiger partial charge in [-0.3, -0.25) is 4.79 Å². The lowest BCUT2D eigenvalue weighted by molar-refractivity contribution is -0.136. The minimum absolute atomic E-state index is 0.0932. The number of ether oxygens (including phenoxy) is 1. The van der Waals surface area contributed by atoms with E-state index in [1.54, 1.807) is 0 Å². The summed E-state index contributed by atoms with van der Waals surface area (Å²) in [5, 5.41) is 0. The topological polar surface area (TPSA) is 29.5 Å². The Morgan fingerprint density at radius 1 is 1.24 bits per heavy atom. The van der Waals surface area contributed by atoms with Crippen LogP contribution in [0.25, 0.3) is 0 Å². The Kier molecular flexibility index (Phi) is 3.36. The van der Waals surface area contributed by atoms with Gasteiger partial charge in [-0.15, -0.1) is 0 Å². The molecule has 1 fully saturated rings. The van der Waals surface area contributed by atoms with Gasteiger partial charge in [0, 0.05) is 13.1 Å². The Morgan fingerprint density at radius 2 is 1.82 bits per heavy atom. The predicted octanol–water partition coefficient (Wildman–Crippen LogP) is 2.22. The van der Waals surface area contributed by atoms with Crippen molar-refractivity contribution in [3.8, 4) is 5.75 Å². The van der Waals surface area contributed by atoms with E-state index in [1.165, 1.54) is 5.56 Å². The fourth-order valence-electron chi connectivity index (χ4n) is 2.19. The van der Waals surface area contributed by atoms with Gasteiger partial charge < -0.3 is 9.64 Å². The summed E-state index contributed by atoms with van der Waals surface area (Å²) in [6.45, 7) is 8.02. The maximum atomic E-state index is 11.7. The minimum atomic E-state index is 0.0932. The summed E-state index contributed by atoms with van der Waals surface area (Å²) in [6.07, 6.45) is 1.12. The Labute approximate surface area is 102 Å². The maximum Gasteiger partial charge on any atom is 0.260 e. The van der Waals surface area contributed by atoms with Crippen LogP contribution in [0.1, 0.15) is 23.1 Å². The lowest BCUT2D eigenvalue weighted by Gasteiger charge is -2.30. The molecule has 0 spiro atoms. The highest BCUT2D eigenvalue weighted by Gasteiger charge is 2.20. The first-order valence-electron chi connectivity index (χ1n) is 6.06. The standard InChI is InChI=1S/C14H19NO2/c1-10-7-11(2)14(12(3)8-10)17-9-13(16)15-5-4-6-15/h7-8H,4-6,9H2,1-3H3. The Balaban J connectivity index is 2.01. The van der Waals surface area contributed by atoms with Crippen LogP contribution in [-0.4, -0.2) is 30.5 Å². The Hall–Kier alpha value is -1.51. The molecule has 0 bridgehead atoms. The van der Waals surface area contributed by atoms with Crippen molar-refractivity contribution in [1.82, 2.24) is 4.90 Å². The van der Waals surface area contributed by atoms with E-state index in [-0.39, 0.29) is 12.5 Å². The summed E-state index contributed by atoms with van der Waals surface area (Å²) in [5.41, 5.74) is 3.42. The normalized spacial score (nSPS) is 14.4. The van der Waals surface area contributed by atoms with Gasteiger partial charge in [0.25, 0.3) is 5.91 Å². The van der Waals surface area contributed by atoms with Crippen molar-refractivity contribution in [1.29, 1.82) is 0 Å². The molecule has 1 aliphatic heterocycles. The predicted molar refractivity (Wildman–Crippen MR) is 67.3 cm³/mol. The molecule has 17 heavy (non-hydrogen) atoms. The minimum Gasteiger partial charge on any atom is -0.483 e. The number of nitrogens with zero attached hydrogens (tertiary/aromatic N) is 1. The molecule has 1 aliphatic rings. The van der Waals surface area contributed by atoms with E-state index in [0.717, 1.165) is 36.4 Å². The molecule has 92 valence electrons. The number of carbonyl (C=O) groups is 1. The van der Waals surface area contributed by atoms with Crippen LogP contribution in [0.3, 0.4) is 0 Å². The van der Waals surface area contributed by atoms with Gasteiger partial charge in [0.2, 0.25) is 0 Å². The molecule has 1 saturated heterocycles. The molecular weight excluding hydrogens is 214 g/mol. The molecule has 0 unspecified atom stereocenters. The van der Waals surface area contributed by atoms with Crippen LogP contribution in [0.4, 0.5) is 0 Å². The fraction of sp³-hybridized carbons (Fsp3) is 0.500. The van der Waals surface area contributed by atoms with Gasteiger partial charge in [0.1, 0.15) is 5.75 Å². The molecule has 0 aromatic heterocycles. The number of amides is 1. The average Bonchev–Trinajstić information content (AvgIpc) is 2.12. The highest BCUT2D eigenvalue weighted by atomic mass is 16.5. The van der Waals surface area contributed by atoms with Gasteiger partial charge in [-0.2, -0.15) is 0 Å². The van der Waals surface area contributed by atoms with Crippen molar-refractivity contribution in [3.63, 3.8) is 0 Å². The first kappa shape index (κ1) is 12.0. The second kappa shape index (κ2) is 4.78. The van der Waals surface area contributed by atoms with E-state index in [1.807, 2.05) is 18.7 Å². The van der Waals surface area contributed by atoms with Gasteiger partial charge in [0.15, 0.2) is 6.61 Å². The third kappa shape index (κ3) is 2.60. The van der Waals surface area contributed by atoms with Crippen LogP contribution in [0, 0.1) is 20.8 Å². The second-order valence-electron chi connectivity index (χ2n) is 4.75. The molecule has 3 nitrogen and oxygen atoms in total. The van der Waals surface area contributed by atoms with Crippen LogP contribution in [0.2, 0.25) is 0 Å². The first-order chi connectivity index (χ1) is 8.08. The van der Waals surface area contributed by atoms with E-state index in [2.05, 4.69) is 19.1 Å². The number of hydrogen-bond acceptors (Lipinski definition) is 2. The highest BCUT2D eigenvalue weighted by Crippen LogP contribution is 2.24. The van der Waals surface area contributed by atoms with Crippen molar-refractivity contribution in [2.75, 3.05) is 19.7 Å². The van der Waals surface area contributed by atoms with Crippen LogP contribution in [-0.2, 0) is 4.79 Å². The molecule has 2 rings (SSSR count). The van der Waals surface area contributed by atoms with Crippen molar-refractivity contribution < 1.29 is 9.53 Å². The summed E-state index contributed by atoms with van der Waals surface area (Å²) in [7, 11) is 0. The van der Waals surface area contributed by atoms with Crippen molar-refractivity contribution in [3.05, 3.63) is 28.8 Å². The van der Waals surface area contributed by atoms with E-state index in [0.29, 0.717) is 0 Å². The van der Waals surface area contributed by atoms with Crippen LogP contribution in [0.5, 0.6) is 5.75 Å². The van der Waals surface area contributed by atoms with Crippen LogP contribution in [0.15, 0.2) is 12.1 Å². The summed E-state index contributed by atoms with van der Waals surface area (Å²) in [4.78, 5) is 13.5. The molecule has 3 heteroatoms. The van der Waals surface area contributed by atoms with Gasteiger partial charge in [-0.05, 0) is 38.3 Å². The zero-order valence-corrected chi connectivity index (χ0v) is 10.7. The third-order valence-electron chi connectivity index (χ3n) is 3.15. The molecule has 0 saturated carbocycles. The average molecular weight is 233 g/mol. The number of benzene rings is 1. The number of rotatable bonds is 3. The van der Waals surface area contributed by atoms with Gasteiger partial charge in [-0.1, -0.05) is 17.7 Å². The molecule has 0 aliphatic carbocycles. The second-order valence-corrected chi connectivity index (χ2v) is 4.75. The van der Waals surface area contributed by atoms with Gasteiger partial charge in [-0.25, -0.2) is 0 Å². The summed E-state index contributed by atoms with van der Waals surface area (Å²) < 4.78 is 5.65. The van der Waals surface area contributed by atoms with E-state index >= 15 is 0 Å². The fourth-order valence-corrected chi connectivity index (χ4v) is 2.19. The van der Waals surface area contributed by atoms with Crippen molar-refractivity contribution in [2.45, 2.75) is 27.2 Å². The van der Waals surface area contributed by atoms with Crippen molar-refractivity contribution in [2.24, 2.45) is 0 Å². The quantitative estimate of drug-likeness (QED) is 0.801. The number of aryl methyl sites for hydroxylation is 3. The highest BCUT2D eigenvalue weighted by molar-refractivity contribution is 5.78. The van der Waals surface area contributed by atoms with E-state index in [9.17, 15) is 4.79 Å². The Bertz CT molecular complexity index is 413. The van der Waals surface area contributed by atoms with Gasteiger partial charge >= 0.3 is 0 Å². The van der Waals surface area contributed by atoms with E-state index < -0.39 is 0 Å². The smallest absolute Gasteiger partial charge is 0.260 e. The van der Waals surface area contributed by atoms with Crippen molar-refractivity contribution >= 4 is 5.91 Å². The van der Waals surface area contributed by atoms with E-state index in [4.69, 9.17) is 4.74 Å². The number of carbonyl (C=O) groups excluding carboxylic acids is 1. The monoisotopic (exact) mass is 233 g/mol. The molecule has 0 radical (unpaired) electrons.